The fraction of sp³-hybridized carbons (Fsp3) is 0.158. The van der Waals surface area contributed by atoms with E-state index >= 15 is 0 Å². The number of nitrogens with zero attached hydrogens (tertiary/aromatic N) is 4. The van der Waals surface area contributed by atoms with Crippen LogP contribution in [0.25, 0.3) is 22.2 Å². The third-order valence-corrected chi connectivity index (χ3v) is 6.43. The van der Waals surface area contributed by atoms with E-state index in [1.165, 1.54) is 10.7 Å². The Morgan fingerprint density at radius 3 is 2.68 bits per heavy atom. The number of sulfonamides is 1. The van der Waals surface area contributed by atoms with E-state index in [9.17, 15) is 8.42 Å². The zero-order valence-corrected chi connectivity index (χ0v) is 17.3. The Balaban J connectivity index is 1.88. The van der Waals surface area contributed by atoms with Crippen molar-refractivity contribution in [3.63, 3.8) is 0 Å². The lowest BCUT2D eigenvalue weighted by Crippen LogP contribution is -2.14. The molecule has 3 aromatic heterocycles. The van der Waals surface area contributed by atoms with E-state index in [0.717, 1.165) is 21.4 Å². The topological polar surface area (TPSA) is 81.8 Å². The van der Waals surface area contributed by atoms with Gasteiger partial charge in [-0.3, -0.25) is 9.40 Å². The molecule has 0 aliphatic heterocycles. The summed E-state index contributed by atoms with van der Waals surface area (Å²) in [6, 6.07) is 11.3. The molecular weight excluding hydrogens is 394 g/mol. The summed E-state index contributed by atoms with van der Waals surface area (Å²) in [6.07, 6.45) is 7.19. The van der Waals surface area contributed by atoms with Crippen LogP contribution >= 0.6 is 11.8 Å². The molecule has 4 rings (SSSR count). The lowest BCUT2D eigenvalue weighted by Gasteiger charge is -2.09. The van der Waals surface area contributed by atoms with Gasteiger partial charge in [-0.2, -0.15) is 13.5 Å². The minimum absolute atomic E-state index is 0.0261. The summed E-state index contributed by atoms with van der Waals surface area (Å²) in [5.41, 5.74) is 3.09. The van der Waals surface area contributed by atoms with Gasteiger partial charge in [0, 0.05) is 43.1 Å². The van der Waals surface area contributed by atoms with Crippen molar-refractivity contribution in [3.05, 3.63) is 55.0 Å². The highest BCUT2D eigenvalue weighted by atomic mass is 32.2. The van der Waals surface area contributed by atoms with Crippen molar-refractivity contribution in [1.82, 2.24) is 19.3 Å². The number of aromatic nitrogens is 4. The molecule has 0 radical (unpaired) electrons. The molecule has 4 aromatic rings. The lowest BCUT2D eigenvalue weighted by molar-refractivity contribution is 0.593. The second-order valence-corrected chi connectivity index (χ2v) is 8.88. The molecule has 0 unspecified atom stereocenters. The van der Waals surface area contributed by atoms with Crippen LogP contribution in [0.5, 0.6) is 0 Å². The van der Waals surface area contributed by atoms with E-state index < -0.39 is 10.0 Å². The van der Waals surface area contributed by atoms with Crippen LogP contribution in [-0.4, -0.2) is 34.0 Å². The average molecular weight is 414 g/mol. The van der Waals surface area contributed by atoms with Crippen LogP contribution in [-0.2, 0) is 24.1 Å². The molecule has 0 saturated heterocycles. The third kappa shape index (κ3) is 3.27. The molecule has 0 aliphatic rings. The molecule has 0 aliphatic carbocycles. The number of anilines is 1. The van der Waals surface area contributed by atoms with E-state index in [2.05, 4.69) is 20.9 Å². The zero-order valence-electron chi connectivity index (χ0n) is 15.6. The standard InChI is InChI=1S/C19H19N5O2S2/c1-23-12-15(13-5-4-6-14(11-13)27-3)18-16(7-9-20-19(18)23)22-28(25,26)17-8-10-24(2)21-17/h4-12H,1-3H3,(H,20,22). The number of thioether (sulfide) groups is 1. The highest BCUT2D eigenvalue weighted by Gasteiger charge is 2.21. The Morgan fingerprint density at radius 1 is 1.14 bits per heavy atom. The lowest BCUT2D eigenvalue weighted by atomic mass is 10.1. The number of hydrogen-bond acceptors (Lipinski definition) is 5. The SMILES string of the molecule is CSc1cccc(-c2cn(C)c3nccc(NS(=O)(=O)c4ccn(C)n4)c23)c1. The second kappa shape index (κ2) is 6.99. The van der Waals surface area contributed by atoms with Crippen molar-refractivity contribution >= 4 is 38.5 Å². The first-order chi connectivity index (χ1) is 13.4. The predicted octanol–water partition coefficient (Wildman–Crippen LogP) is 3.50. The van der Waals surface area contributed by atoms with Crippen molar-refractivity contribution in [2.75, 3.05) is 11.0 Å². The van der Waals surface area contributed by atoms with Gasteiger partial charge < -0.3 is 4.57 Å². The summed E-state index contributed by atoms with van der Waals surface area (Å²) in [7, 11) is -0.234. The highest BCUT2D eigenvalue weighted by molar-refractivity contribution is 7.98. The Hall–Kier alpha value is -2.78. The molecule has 0 spiro atoms. The number of benzene rings is 1. The quantitative estimate of drug-likeness (QED) is 0.507. The normalized spacial score (nSPS) is 11.8. The van der Waals surface area contributed by atoms with Gasteiger partial charge in [-0.15, -0.1) is 11.8 Å². The summed E-state index contributed by atoms with van der Waals surface area (Å²) < 4.78 is 31.6. The van der Waals surface area contributed by atoms with Crippen LogP contribution in [0, 0.1) is 0 Å². The van der Waals surface area contributed by atoms with E-state index in [0.29, 0.717) is 11.3 Å². The fourth-order valence-corrected chi connectivity index (χ4v) is 4.63. The summed E-state index contributed by atoms with van der Waals surface area (Å²) in [4.78, 5) is 5.57. The number of nitrogens with one attached hydrogen (secondary N) is 1. The fourth-order valence-electron chi connectivity index (χ4n) is 3.13. The predicted molar refractivity (Wildman–Crippen MR) is 112 cm³/mol. The molecule has 144 valence electrons. The number of rotatable bonds is 5. The molecule has 0 atom stereocenters. The molecule has 0 saturated carbocycles. The smallest absolute Gasteiger partial charge is 0.281 e. The van der Waals surface area contributed by atoms with Gasteiger partial charge in [-0.05, 0) is 36.1 Å². The first-order valence-electron chi connectivity index (χ1n) is 8.50. The number of fused-ring (bicyclic) bond motifs is 1. The van der Waals surface area contributed by atoms with Gasteiger partial charge in [0.15, 0.2) is 5.03 Å². The molecule has 0 amide bonds. The minimum Gasteiger partial charge on any atom is -0.335 e. The van der Waals surface area contributed by atoms with Gasteiger partial charge in [0.25, 0.3) is 10.0 Å². The highest BCUT2D eigenvalue weighted by Crippen LogP contribution is 2.36. The van der Waals surface area contributed by atoms with E-state index in [-0.39, 0.29) is 5.03 Å². The molecule has 0 bridgehead atoms. The third-order valence-electron chi connectivity index (χ3n) is 4.45. The minimum atomic E-state index is -3.81. The van der Waals surface area contributed by atoms with E-state index in [4.69, 9.17) is 0 Å². The van der Waals surface area contributed by atoms with Gasteiger partial charge >= 0.3 is 0 Å². The van der Waals surface area contributed by atoms with Crippen molar-refractivity contribution in [2.24, 2.45) is 14.1 Å². The van der Waals surface area contributed by atoms with Crippen molar-refractivity contribution in [1.29, 1.82) is 0 Å². The first-order valence-corrected chi connectivity index (χ1v) is 11.2. The van der Waals surface area contributed by atoms with Gasteiger partial charge in [0.2, 0.25) is 0 Å². The number of pyridine rings is 1. The number of hydrogen-bond donors (Lipinski definition) is 1. The molecule has 1 N–H and O–H groups in total. The Bertz CT molecular complexity index is 1270. The summed E-state index contributed by atoms with van der Waals surface area (Å²) in [5, 5.41) is 4.74. The molecule has 7 nitrogen and oxygen atoms in total. The van der Waals surface area contributed by atoms with Gasteiger partial charge in [-0.25, -0.2) is 4.98 Å². The zero-order chi connectivity index (χ0) is 19.9. The molecule has 9 heteroatoms. The molecule has 0 fully saturated rings. The summed E-state index contributed by atoms with van der Waals surface area (Å²) >= 11 is 1.66. The van der Waals surface area contributed by atoms with Gasteiger partial charge in [0.1, 0.15) is 5.65 Å². The average Bonchev–Trinajstić information content (AvgIpc) is 3.27. The van der Waals surface area contributed by atoms with Crippen molar-refractivity contribution in [3.8, 4) is 11.1 Å². The van der Waals surface area contributed by atoms with Crippen LogP contribution < -0.4 is 4.72 Å². The van der Waals surface area contributed by atoms with E-state index in [1.807, 2.05) is 42.3 Å². The Kier molecular flexibility index (Phi) is 4.64. The molecule has 1 aromatic carbocycles. The summed E-state index contributed by atoms with van der Waals surface area (Å²) in [6.45, 7) is 0. The maximum absolute atomic E-state index is 12.8. The van der Waals surface area contributed by atoms with Crippen molar-refractivity contribution < 1.29 is 8.42 Å². The van der Waals surface area contributed by atoms with Crippen LogP contribution in [0.2, 0.25) is 0 Å². The van der Waals surface area contributed by atoms with Crippen molar-refractivity contribution in [2.45, 2.75) is 9.92 Å². The second-order valence-electron chi connectivity index (χ2n) is 6.38. The molecule has 3 heterocycles. The largest absolute Gasteiger partial charge is 0.335 e. The van der Waals surface area contributed by atoms with Crippen LogP contribution in [0.15, 0.2) is 64.9 Å². The van der Waals surface area contributed by atoms with Gasteiger partial charge in [0.05, 0.1) is 11.1 Å². The molecular formula is C19H19N5O2S2. The summed E-state index contributed by atoms with van der Waals surface area (Å²) in [5.74, 6) is 0. The van der Waals surface area contributed by atoms with Crippen LogP contribution in [0.4, 0.5) is 5.69 Å². The van der Waals surface area contributed by atoms with Gasteiger partial charge in [-0.1, -0.05) is 12.1 Å². The monoisotopic (exact) mass is 413 g/mol. The first kappa shape index (κ1) is 18.6. The maximum atomic E-state index is 12.8. The Labute approximate surface area is 167 Å². The van der Waals surface area contributed by atoms with Crippen LogP contribution in [0.3, 0.4) is 0 Å². The Morgan fingerprint density at radius 2 is 1.96 bits per heavy atom. The number of aryl methyl sites for hydroxylation is 2. The van der Waals surface area contributed by atoms with E-state index in [1.54, 1.807) is 37.3 Å². The van der Waals surface area contributed by atoms with Crippen LogP contribution in [0.1, 0.15) is 0 Å². The maximum Gasteiger partial charge on any atom is 0.281 e. The molecule has 28 heavy (non-hydrogen) atoms.